The Bertz CT molecular complexity index is 1340. The van der Waals surface area contributed by atoms with E-state index in [9.17, 15) is 14.4 Å². The van der Waals surface area contributed by atoms with Crippen molar-refractivity contribution in [2.24, 2.45) is 0 Å². The van der Waals surface area contributed by atoms with E-state index in [-0.39, 0.29) is 31.1 Å². The minimum absolute atomic E-state index is 0.0795. The largest absolute Gasteiger partial charge is 0.462 e. The van der Waals surface area contributed by atoms with Crippen molar-refractivity contribution < 1.29 is 28.6 Å². The van der Waals surface area contributed by atoms with E-state index in [0.717, 1.165) is 109 Å². The topological polar surface area (TPSA) is 78.9 Å². The quantitative estimate of drug-likeness (QED) is 0.0261. The minimum atomic E-state index is -0.782. The Morgan fingerprint density at radius 2 is 0.569 bits per heavy atom. The number of hydrogen-bond donors (Lipinski definition) is 0. The van der Waals surface area contributed by atoms with Gasteiger partial charge in [0.25, 0.3) is 0 Å². The van der Waals surface area contributed by atoms with Crippen LogP contribution in [0.3, 0.4) is 0 Å². The number of esters is 3. The van der Waals surface area contributed by atoms with E-state index < -0.39 is 6.10 Å². The molecule has 0 spiro atoms. The smallest absolute Gasteiger partial charge is 0.306 e. The predicted octanol–water partition coefficient (Wildman–Crippen LogP) is 20.9. The average Bonchev–Trinajstić information content (AvgIpc) is 3.38. The van der Waals surface area contributed by atoms with Gasteiger partial charge in [0.15, 0.2) is 6.10 Å². The molecular weight excluding hydrogens is 889 g/mol. The van der Waals surface area contributed by atoms with Gasteiger partial charge >= 0.3 is 17.9 Å². The highest BCUT2D eigenvalue weighted by Crippen LogP contribution is 2.17. The molecule has 1 unspecified atom stereocenters. The van der Waals surface area contributed by atoms with Gasteiger partial charge in [0.2, 0.25) is 0 Å². The molecule has 0 aliphatic rings. The van der Waals surface area contributed by atoms with Crippen molar-refractivity contribution in [1.29, 1.82) is 0 Å². The van der Waals surface area contributed by atoms with Gasteiger partial charge < -0.3 is 14.2 Å². The van der Waals surface area contributed by atoms with Crippen LogP contribution in [0.4, 0.5) is 0 Å². The summed E-state index contributed by atoms with van der Waals surface area (Å²) < 4.78 is 16.9. The lowest BCUT2D eigenvalue weighted by atomic mass is 10.0. The first-order valence-electron chi connectivity index (χ1n) is 30.9. The molecule has 0 rings (SSSR count). The van der Waals surface area contributed by atoms with Crippen molar-refractivity contribution >= 4 is 17.9 Å². The second-order valence-electron chi connectivity index (χ2n) is 20.6. The zero-order valence-electron chi connectivity index (χ0n) is 47.7. The molecule has 6 nitrogen and oxygen atoms in total. The summed E-state index contributed by atoms with van der Waals surface area (Å²) in [6.07, 6.45) is 77.6. The van der Waals surface area contributed by atoms with Gasteiger partial charge in [0.1, 0.15) is 13.2 Å². The van der Waals surface area contributed by atoms with Crippen LogP contribution in [0.1, 0.15) is 310 Å². The molecule has 416 valence electrons. The van der Waals surface area contributed by atoms with E-state index in [0.29, 0.717) is 19.3 Å². The van der Waals surface area contributed by atoms with Crippen molar-refractivity contribution in [2.45, 2.75) is 316 Å². The normalized spacial score (nSPS) is 12.5. The maximum Gasteiger partial charge on any atom is 0.306 e. The number of hydrogen-bond acceptors (Lipinski definition) is 6. The van der Waals surface area contributed by atoms with Gasteiger partial charge in [-0.25, -0.2) is 0 Å². The highest BCUT2D eigenvalue weighted by atomic mass is 16.6. The van der Waals surface area contributed by atoms with Crippen LogP contribution in [0.25, 0.3) is 0 Å². The third-order valence-corrected chi connectivity index (χ3v) is 13.4. The van der Waals surface area contributed by atoms with Gasteiger partial charge in [-0.05, 0) is 83.5 Å². The monoisotopic (exact) mass is 1000 g/mol. The van der Waals surface area contributed by atoms with E-state index in [1.807, 2.05) is 0 Å². The summed E-state index contributed by atoms with van der Waals surface area (Å²) in [5.74, 6) is -0.883. The van der Waals surface area contributed by atoms with Gasteiger partial charge in [-0.1, -0.05) is 280 Å². The van der Waals surface area contributed by atoms with Crippen molar-refractivity contribution in [3.05, 3.63) is 72.9 Å². The van der Waals surface area contributed by atoms with Crippen LogP contribution < -0.4 is 0 Å². The van der Waals surface area contributed by atoms with E-state index in [2.05, 4.69) is 93.7 Å². The first-order valence-corrected chi connectivity index (χ1v) is 30.9. The van der Waals surface area contributed by atoms with Crippen LogP contribution in [0, 0.1) is 0 Å². The maximum atomic E-state index is 12.9. The van der Waals surface area contributed by atoms with Crippen LogP contribution in [-0.4, -0.2) is 37.2 Å². The summed E-state index contributed by atoms with van der Waals surface area (Å²) in [5, 5.41) is 0. The molecule has 0 aliphatic carbocycles. The Morgan fingerprint density at radius 1 is 0.292 bits per heavy atom. The summed E-state index contributed by atoms with van der Waals surface area (Å²) in [7, 11) is 0. The molecule has 0 saturated carbocycles. The number of allylic oxidation sites excluding steroid dienone is 12. The van der Waals surface area contributed by atoms with Crippen LogP contribution in [0.5, 0.6) is 0 Å². The molecule has 0 saturated heterocycles. The van der Waals surface area contributed by atoms with Gasteiger partial charge in [0, 0.05) is 19.3 Å². The van der Waals surface area contributed by atoms with Crippen molar-refractivity contribution in [1.82, 2.24) is 0 Å². The summed E-state index contributed by atoms with van der Waals surface area (Å²) in [5.41, 5.74) is 0. The summed E-state index contributed by atoms with van der Waals surface area (Å²) in [4.78, 5) is 38.2. The summed E-state index contributed by atoms with van der Waals surface area (Å²) in [6.45, 7) is 6.49. The molecule has 6 heteroatoms. The summed E-state index contributed by atoms with van der Waals surface area (Å²) >= 11 is 0. The molecule has 0 heterocycles. The fourth-order valence-corrected chi connectivity index (χ4v) is 8.83. The first-order chi connectivity index (χ1) is 35.5. The van der Waals surface area contributed by atoms with Gasteiger partial charge in [-0.3, -0.25) is 14.4 Å². The fraction of sp³-hybridized carbons (Fsp3) is 0.773. The Morgan fingerprint density at radius 3 is 0.903 bits per heavy atom. The molecule has 0 bridgehead atoms. The molecule has 0 aromatic rings. The highest BCUT2D eigenvalue weighted by Gasteiger charge is 2.19. The van der Waals surface area contributed by atoms with E-state index in [1.165, 1.54) is 161 Å². The number of rotatable bonds is 56. The predicted molar refractivity (Wildman–Crippen MR) is 311 cm³/mol. The van der Waals surface area contributed by atoms with Crippen LogP contribution >= 0.6 is 0 Å². The molecular formula is C66H116O6. The molecule has 1 atom stereocenters. The Hall–Kier alpha value is -3.15. The van der Waals surface area contributed by atoms with Crippen LogP contribution in [-0.2, 0) is 28.6 Å². The first kappa shape index (κ1) is 68.8. The lowest BCUT2D eigenvalue weighted by Crippen LogP contribution is -2.30. The highest BCUT2D eigenvalue weighted by molar-refractivity contribution is 5.71. The lowest BCUT2D eigenvalue weighted by molar-refractivity contribution is -0.167. The van der Waals surface area contributed by atoms with Crippen LogP contribution in [0.2, 0.25) is 0 Å². The maximum absolute atomic E-state index is 12.9. The van der Waals surface area contributed by atoms with E-state index in [4.69, 9.17) is 14.2 Å². The van der Waals surface area contributed by atoms with Gasteiger partial charge in [-0.2, -0.15) is 0 Å². The molecule has 0 N–H and O–H groups in total. The van der Waals surface area contributed by atoms with Gasteiger partial charge in [-0.15, -0.1) is 0 Å². The zero-order chi connectivity index (χ0) is 52.2. The number of carbonyl (C=O) groups is 3. The Balaban J connectivity index is 4.32. The molecule has 0 fully saturated rings. The fourth-order valence-electron chi connectivity index (χ4n) is 8.83. The molecule has 0 aromatic carbocycles. The third-order valence-electron chi connectivity index (χ3n) is 13.4. The Kier molecular flexibility index (Phi) is 57.8. The number of ether oxygens (including phenoxy) is 3. The molecule has 0 radical (unpaired) electrons. The Labute approximate surface area is 446 Å². The van der Waals surface area contributed by atoms with Crippen molar-refractivity contribution in [3.8, 4) is 0 Å². The molecule has 0 aliphatic heterocycles. The molecule has 72 heavy (non-hydrogen) atoms. The molecule has 0 aromatic heterocycles. The lowest BCUT2D eigenvalue weighted by Gasteiger charge is -2.18. The van der Waals surface area contributed by atoms with E-state index in [1.54, 1.807) is 0 Å². The number of unbranched alkanes of at least 4 members (excludes halogenated alkanes) is 33. The van der Waals surface area contributed by atoms with Crippen LogP contribution in [0.15, 0.2) is 72.9 Å². The average molecular weight is 1010 g/mol. The van der Waals surface area contributed by atoms with Crippen molar-refractivity contribution in [3.63, 3.8) is 0 Å². The van der Waals surface area contributed by atoms with E-state index >= 15 is 0 Å². The second-order valence-corrected chi connectivity index (χ2v) is 20.6. The number of carbonyl (C=O) groups excluding carboxylic acids is 3. The molecule has 0 amide bonds. The standard InChI is InChI=1S/C66H116O6/c1-4-7-10-13-16-19-22-25-27-29-31-32-33-34-35-37-38-41-44-47-50-53-56-59-65(68)71-62-63(61-70-64(67)58-55-52-49-46-43-40-24-21-18-15-12-9-6-3)72-66(69)60-57-54-51-48-45-42-39-36-30-28-26-23-20-17-14-11-8-5-2/h7,10,12,15-16,19,21,24-25,27,31-32,63H,4-6,8-9,11,13-14,17-18,20,22-23,26,28-30,33-62H2,1-3H3/b10-7-,15-12-,19-16-,24-21-,27-25-,32-31-. The summed E-state index contributed by atoms with van der Waals surface area (Å²) in [6, 6.07) is 0. The van der Waals surface area contributed by atoms with Crippen molar-refractivity contribution in [2.75, 3.05) is 13.2 Å². The second kappa shape index (κ2) is 60.4. The SMILES string of the molecule is CC/C=C\C/C=C\C/C=C\C/C=C\CCCCCCCCCCCCC(=O)OCC(COC(=O)CCCCCCC/C=C\C/C=C\CCC)OC(=O)CCCCCCCCCCCCCCCCCCCC. The minimum Gasteiger partial charge on any atom is -0.462 e. The zero-order valence-corrected chi connectivity index (χ0v) is 47.7. The van der Waals surface area contributed by atoms with Gasteiger partial charge in [0.05, 0.1) is 0 Å². The third kappa shape index (κ3) is 57.7.